The lowest BCUT2D eigenvalue weighted by molar-refractivity contribution is -0.140. The Morgan fingerprint density at radius 1 is 0.840 bits per heavy atom. The molecule has 1 fully saturated rings. The smallest absolute Gasteiger partial charge is 0.312 e. The number of imide groups is 1. The fourth-order valence-corrected chi connectivity index (χ4v) is 5.32. The summed E-state index contributed by atoms with van der Waals surface area (Å²) < 4.78 is 22.0. The van der Waals surface area contributed by atoms with E-state index < -0.39 is 29.4 Å². The number of likely N-dealkylation sites (tertiary alicyclic amines) is 1. The van der Waals surface area contributed by atoms with Crippen LogP contribution in [-0.4, -0.2) is 118 Å². The van der Waals surface area contributed by atoms with Crippen molar-refractivity contribution < 1.29 is 47.7 Å². The topological polar surface area (TPSA) is 205 Å². The molecule has 15 nitrogen and oxygen atoms in total. The number of Topliss-reactive ketones (excluding diaryl/α,β-unsaturated/α-hetero) is 1. The molecule has 1 heterocycles. The molecule has 1 saturated heterocycles. The van der Waals surface area contributed by atoms with Crippen LogP contribution in [0.1, 0.15) is 87.5 Å². The van der Waals surface area contributed by atoms with Crippen molar-refractivity contribution >= 4 is 35.4 Å². The number of urea groups is 1. The molecule has 0 radical (unpaired) electrons. The molecule has 1 aliphatic rings. The van der Waals surface area contributed by atoms with Crippen molar-refractivity contribution in [1.29, 1.82) is 0 Å². The third kappa shape index (κ3) is 18.7. The van der Waals surface area contributed by atoms with Crippen LogP contribution < -0.4 is 21.7 Å². The van der Waals surface area contributed by atoms with Gasteiger partial charge in [0.2, 0.25) is 23.6 Å². The van der Waals surface area contributed by atoms with E-state index in [2.05, 4.69) is 36.7 Å². The monoisotopic (exact) mass is 713 g/mol. The minimum Gasteiger partial charge on any atom is -0.379 e. The third-order valence-electron chi connectivity index (χ3n) is 7.85. The predicted octanol–water partition coefficient (Wildman–Crippen LogP) is 1.94. The van der Waals surface area contributed by atoms with Crippen LogP contribution in [-0.2, 0) is 42.9 Å². The number of nitrogens with one attached hydrogen (secondary N) is 3. The molecule has 0 saturated carbocycles. The fraction of sp³-hybridized carbons (Fsp3) is 0.829. The van der Waals surface area contributed by atoms with Gasteiger partial charge in [0.05, 0.1) is 65.4 Å². The first-order valence-electron chi connectivity index (χ1n) is 17.7. The first-order valence-corrected chi connectivity index (χ1v) is 17.7. The van der Waals surface area contributed by atoms with Gasteiger partial charge in [-0.25, -0.2) is 4.79 Å². The molecule has 5 N–H and O–H groups in total. The maximum Gasteiger partial charge on any atom is 0.312 e. The summed E-state index contributed by atoms with van der Waals surface area (Å²) in [4.78, 5) is 75.7. The number of hydrogen-bond acceptors (Lipinski definition) is 10. The van der Waals surface area contributed by atoms with Crippen LogP contribution in [0.25, 0.3) is 0 Å². The van der Waals surface area contributed by atoms with Gasteiger partial charge < -0.3 is 40.6 Å². The van der Waals surface area contributed by atoms with E-state index in [1.807, 2.05) is 0 Å². The van der Waals surface area contributed by atoms with Gasteiger partial charge in [-0.1, -0.05) is 55.4 Å². The Morgan fingerprint density at radius 3 is 1.88 bits per heavy atom. The summed E-state index contributed by atoms with van der Waals surface area (Å²) in [6.07, 6.45) is 1.74. The summed E-state index contributed by atoms with van der Waals surface area (Å²) in [7, 11) is 0. The minimum atomic E-state index is -0.847. The average molecular weight is 714 g/mol. The van der Waals surface area contributed by atoms with Gasteiger partial charge in [0, 0.05) is 30.7 Å². The fourth-order valence-electron chi connectivity index (χ4n) is 5.32. The van der Waals surface area contributed by atoms with Crippen molar-refractivity contribution in [3.05, 3.63) is 0 Å². The number of amides is 6. The predicted molar refractivity (Wildman–Crippen MR) is 187 cm³/mol. The van der Waals surface area contributed by atoms with E-state index >= 15 is 0 Å². The Labute approximate surface area is 297 Å². The number of nitrogens with zero attached hydrogens (tertiary/aromatic N) is 1. The number of carbonyl (C=O) groups excluding carboxylic acids is 6. The second kappa shape index (κ2) is 22.6. The standard InChI is InChI=1S/C35H63N5O10/c1-24(2)29(31(44)38-26(30(43)35(6,7)8)10-9-12-37-33(36)46)39-27(41)11-14-47-16-18-49-20-21-50-19-17-48-15-13-40-28(42)22-25(32(40)45)23-34(3,4)5/h24-26,29H,9-23H2,1-8H3,(H,38,44)(H,39,41)(H3,36,37,46)/t25?,26-,29-/m0/s1. The first-order chi connectivity index (χ1) is 23.3. The van der Waals surface area contributed by atoms with Crippen molar-refractivity contribution in [3.63, 3.8) is 0 Å². The molecule has 0 aliphatic carbocycles. The van der Waals surface area contributed by atoms with Crippen LogP contribution in [0.4, 0.5) is 4.79 Å². The van der Waals surface area contributed by atoms with E-state index in [1.165, 1.54) is 4.90 Å². The van der Waals surface area contributed by atoms with Crippen LogP contribution in [0.2, 0.25) is 0 Å². The summed E-state index contributed by atoms with van der Waals surface area (Å²) in [5.74, 6) is -1.70. The van der Waals surface area contributed by atoms with E-state index in [-0.39, 0.29) is 86.5 Å². The van der Waals surface area contributed by atoms with Crippen molar-refractivity contribution in [3.8, 4) is 0 Å². The average Bonchev–Trinajstić information content (AvgIpc) is 3.26. The molecule has 1 aliphatic heterocycles. The number of ketones is 1. The molecular weight excluding hydrogens is 650 g/mol. The molecule has 288 valence electrons. The van der Waals surface area contributed by atoms with E-state index in [4.69, 9.17) is 24.7 Å². The van der Waals surface area contributed by atoms with E-state index in [0.717, 1.165) is 0 Å². The molecular formula is C35H63N5O10. The van der Waals surface area contributed by atoms with Gasteiger partial charge >= 0.3 is 6.03 Å². The molecule has 0 bridgehead atoms. The molecule has 0 aromatic rings. The summed E-state index contributed by atoms with van der Waals surface area (Å²) in [5, 5.41) is 8.02. The Balaban J connectivity index is 2.21. The Bertz CT molecular complexity index is 1100. The van der Waals surface area contributed by atoms with Crippen molar-refractivity contribution in [2.75, 3.05) is 65.9 Å². The van der Waals surface area contributed by atoms with Crippen LogP contribution in [0, 0.1) is 22.7 Å². The number of carbonyl (C=O) groups is 6. The lowest BCUT2D eigenvalue weighted by atomic mass is 9.84. The Hall–Kier alpha value is -3.14. The van der Waals surface area contributed by atoms with Crippen LogP contribution >= 0.6 is 0 Å². The van der Waals surface area contributed by atoms with Gasteiger partial charge in [0.15, 0.2) is 5.78 Å². The molecule has 15 heteroatoms. The highest BCUT2D eigenvalue weighted by Crippen LogP contribution is 2.31. The summed E-state index contributed by atoms with van der Waals surface area (Å²) >= 11 is 0. The Morgan fingerprint density at radius 2 is 1.38 bits per heavy atom. The molecule has 6 amide bonds. The van der Waals surface area contributed by atoms with Gasteiger partial charge in [0.1, 0.15) is 6.04 Å². The number of primary amides is 1. The third-order valence-corrected chi connectivity index (χ3v) is 7.85. The maximum atomic E-state index is 13.2. The summed E-state index contributed by atoms with van der Waals surface area (Å²) in [6.45, 7) is 18.0. The first kappa shape index (κ1) is 44.9. The number of nitrogens with two attached hydrogens (primary N) is 1. The largest absolute Gasteiger partial charge is 0.379 e. The molecule has 3 atom stereocenters. The normalized spacial score (nSPS) is 16.4. The van der Waals surface area contributed by atoms with Crippen LogP contribution in [0.15, 0.2) is 0 Å². The molecule has 0 spiro atoms. The minimum absolute atomic E-state index is 0.0159. The number of hydrogen-bond donors (Lipinski definition) is 4. The zero-order valence-electron chi connectivity index (χ0n) is 31.5. The zero-order chi connectivity index (χ0) is 37.9. The lowest BCUT2D eigenvalue weighted by Crippen LogP contribution is -2.55. The van der Waals surface area contributed by atoms with Gasteiger partial charge in [-0.2, -0.15) is 0 Å². The molecule has 0 aromatic heterocycles. The highest BCUT2D eigenvalue weighted by molar-refractivity contribution is 6.03. The quantitative estimate of drug-likeness (QED) is 0.0800. The molecule has 0 aromatic carbocycles. The maximum absolute atomic E-state index is 13.2. The highest BCUT2D eigenvalue weighted by Gasteiger charge is 2.40. The van der Waals surface area contributed by atoms with Crippen molar-refractivity contribution in [2.24, 2.45) is 28.4 Å². The van der Waals surface area contributed by atoms with Crippen molar-refractivity contribution in [1.82, 2.24) is 20.9 Å². The SMILES string of the molecule is CC(C)[C@H](NC(=O)CCOCCOCCOCCOCCN1C(=O)CC(CC(C)(C)C)C1=O)C(=O)N[C@@H](CCCNC(N)=O)C(=O)C(C)(C)C. The zero-order valence-corrected chi connectivity index (χ0v) is 31.5. The van der Waals surface area contributed by atoms with E-state index in [1.54, 1.807) is 34.6 Å². The molecule has 1 unspecified atom stereocenters. The second-order valence-electron chi connectivity index (χ2n) is 15.1. The van der Waals surface area contributed by atoms with E-state index in [0.29, 0.717) is 52.3 Å². The van der Waals surface area contributed by atoms with Crippen LogP contribution in [0.3, 0.4) is 0 Å². The molecule has 50 heavy (non-hydrogen) atoms. The number of ether oxygens (including phenoxy) is 4. The van der Waals surface area contributed by atoms with Gasteiger partial charge in [0.25, 0.3) is 0 Å². The van der Waals surface area contributed by atoms with E-state index in [9.17, 15) is 28.8 Å². The van der Waals surface area contributed by atoms with Gasteiger partial charge in [-0.15, -0.1) is 0 Å². The van der Waals surface area contributed by atoms with Gasteiger partial charge in [-0.3, -0.25) is 28.9 Å². The number of rotatable bonds is 25. The highest BCUT2D eigenvalue weighted by atomic mass is 16.6. The summed E-state index contributed by atoms with van der Waals surface area (Å²) in [6, 6.07) is -2.29. The Kier molecular flexibility index (Phi) is 20.3. The second-order valence-corrected chi connectivity index (χ2v) is 15.1. The van der Waals surface area contributed by atoms with Crippen LogP contribution in [0.5, 0.6) is 0 Å². The van der Waals surface area contributed by atoms with Crippen molar-refractivity contribution in [2.45, 2.75) is 99.6 Å². The molecule has 1 rings (SSSR count). The summed E-state index contributed by atoms with van der Waals surface area (Å²) in [5.41, 5.74) is 4.38. The lowest BCUT2D eigenvalue weighted by Gasteiger charge is -2.28. The van der Waals surface area contributed by atoms with Gasteiger partial charge in [-0.05, 0) is 30.6 Å².